The van der Waals surface area contributed by atoms with Crippen LogP contribution in [0.25, 0.3) is 0 Å². The fraction of sp³-hybridized carbons (Fsp3) is 0.500. The zero-order valence-corrected chi connectivity index (χ0v) is 7.53. The average molecular weight is 164 g/mol. The highest BCUT2D eigenvalue weighted by Crippen LogP contribution is 2.13. The maximum Gasteiger partial charge on any atom is 0.0570 e. The molecule has 1 atom stereocenters. The van der Waals surface area contributed by atoms with E-state index in [2.05, 4.69) is 11.9 Å². The molecule has 0 aliphatic rings. The van der Waals surface area contributed by atoms with Gasteiger partial charge in [0, 0.05) is 12.2 Å². The van der Waals surface area contributed by atoms with E-state index in [-0.39, 0.29) is 6.04 Å². The van der Waals surface area contributed by atoms with Crippen LogP contribution in [0, 0.1) is 0 Å². The van der Waals surface area contributed by atoms with Crippen LogP contribution >= 0.6 is 0 Å². The second-order valence-electron chi connectivity index (χ2n) is 3.00. The van der Waals surface area contributed by atoms with Gasteiger partial charge in [0.25, 0.3) is 0 Å². The molecule has 1 aromatic heterocycles. The van der Waals surface area contributed by atoms with E-state index < -0.39 is 0 Å². The molecular formula is C10H16N2. The van der Waals surface area contributed by atoms with Gasteiger partial charge in [0.2, 0.25) is 0 Å². The van der Waals surface area contributed by atoms with E-state index in [0.29, 0.717) is 0 Å². The number of pyridine rings is 1. The van der Waals surface area contributed by atoms with Crippen molar-refractivity contribution in [2.45, 2.75) is 32.2 Å². The Hall–Kier alpha value is -0.890. The first kappa shape index (κ1) is 9.20. The number of rotatable bonds is 4. The standard InChI is InChI=1S/C10H16N2/c1-2-3-6-9(11)10-7-4-5-8-12-10/h4-5,7-9H,2-3,6,11H2,1H3/t9-/m1/s1. The van der Waals surface area contributed by atoms with Crippen molar-refractivity contribution in [1.82, 2.24) is 4.98 Å². The first-order valence-corrected chi connectivity index (χ1v) is 4.51. The minimum absolute atomic E-state index is 0.117. The van der Waals surface area contributed by atoms with E-state index in [9.17, 15) is 0 Å². The third-order valence-corrected chi connectivity index (χ3v) is 1.94. The molecule has 1 heterocycles. The summed E-state index contributed by atoms with van der Waals surface area (Å²) < 4.78 is 0. The number of hydrogen-bond acceptors (Lipinski definition) is 2. The van der Waals surface area contributed by atoms with Crippen molar-refractivity contribution < 1.29 is 0 Å². The summed E-state index contributed by atoms with van der Waals surface area (Å²) in [5, 5.41) is 0. The molecule has 0 bridgehead atoms. The van der Waals surface area contributed by atoms with Gasteiger partial charge in [-0.25, -0.2) is 0 Å². The van der Waals surface area contributed by atoms with Crippen molar-refractivity contribution >= 4 is 0 Å². The van der Waals surface area contributed by atoms with Crippen LogP contribution in [0.2, 0.25) is 0 Å². The largest absolute Gasteiger partial charge is 0.323 e. The third-order valence-electron chi connectivity index (χ3n) is 1.94. The number of hydrogen-bond donors (Lipinski definition) is 1. The SMILES string of the molecule is CCCC[C@@H](N)c1ccccn1. The summed E-state index contributed by atoms with van der Waals surface area (Å²) >= 11 is 0. The summed E-state index contributed by atoms with van der Waals surface area (Å²) in [7, 11) is 0. The van der Waals surface area contributed by atoms with E-state index in [0.717, 1.165) is 12.1 Å². The number of unbranched alkanes of at least 4 members (excludes halogenated alkanes) is 1. The Morgan fingerprint density at radius 2 is 2.33 bits per heavy atom. The molecule has 0 fully saturated rings. The molecule has 1 rings (SSSR count). The van der Waals surface area contributed by atoms with Gasteiger partial charge in [-0.2, -0.15) is 0 Å². The molecule has 0 saturated heterocycles. The van der Waals surface area contributed by atoms with Gasteiger partial charge in [0.05, 0.1) is 5.69 Å². The highest BCUT2D eigenvalue weighted by atomic mass is 14.8. The first-order valence-electron chi connectivity index (χ1n) is 4.51. The maximum atomic E-state index is 5.92. The van der Waals surface area contributed by atoms with Gasteiger partial charge in [-0.3, -0.25) is 4.98 Å². The van der Waals surface area contributed by atoms with Gasteiger partial charge in [0.15, 0.2) is 0 Å². The van der Waals surface area contributed by atoms with Crippen molar-refractivity contribution in [3.8, 4) is 0 Å². The van der Waals surface area contributed by atoms with Crippen molar-refractivity contribution in [2.24, 2.45) is 5.73 Å². The lowest BCUT2D eigenvalue weighted by Crippen LogP contribution is -2.11. The van der Waals surface area contributed by atoms with Crippen molar-refractivity contribution in [3.63, 3.8) is 0 Å². The smallest absolute Gasteiger partial charge is 0.0570 e. The molecular weight excluding hydrogens is 148 g/mol. The molecule has 0 aliphatic heterocycles. The Bertz CT molecular complexity index is 208. The predicted octanol–water partition coefficient (Wildman–Crippen LogP) is 2.27. The van der Waals surface area contributed by atoms with Gasteiger partial charge < -0.3 is 5.73 Å². The molecule has 0 saturated carbocycles. The number of aromatic nitrogens is 1. The summed E-state index contributed by atoms with van der Waals surface area (Å²) in [6, 6.07) is 6.00. The van der Waals surface area contributed by atoms with Crippen molar-refractivity contribution in [2.75, 3.05) is 0 Å². The second-order valence-corrected chi connectivity index (χ2v) is 3.00. The Labute approximate surface area is 73.8 Å². The van der Waals surface area contributed by atoms with Crippen LogP contribution < -0.4 is 5.73 Å². The maximum absolute atomic E-state index is 5.92. The van der Waals surface area contributed by atoms with Crippen LogP contribution in [0.3, 0.4) is 0 Å². The molecule has 2 nitrogen and oxygen atoms in total. The van der Waals surface area contributed by atoms with Crippen molar-refractivity contribution in [1.29, 1.82) is 0 Å². The third kappa shape index (κ3) is 2.62. The quantitative estimate of drug-likeness (QED) is 0.741. The van der Waals surface area contributed by atoms with Crippen LogP contribution in [0.5, 0.6) is 0 Å². The van der Waals surface area contributed by atoms with E-state index in [1.54, 1.807) is 6.20 Å². The lowest BCUT2D eigenvalue weighted by atomic mass is 10.1. The molecule has 2 heteroatoms. The Balaban J connectivity index is 2.48. The molecule has 0 aromatic carbocycles. The Morgan fingerprint density at radius 3 is 2.92 bits per heavy atom. The van der Waals surface area contributed by atoms with Crippen LogP contribution in [0.1, 0.15) is 37.9 Å². The topological polar surface area (TPSA) is 38.9 Å². The lowest BCUT2D eigenvalue weighted by molar-refractivity contribution is 0.590. The summed E-state index contributed by atoms with van der Waals surface area (Å²) in [6.07, 6.45) is 5.20. The van der Waals surface area contributed by atoms with Crippen LogP contribution in [0.15, 0.2) is 24.4 Å². The molecule has 12 heavy (non-hydrogen) atoms. The first-order chi connectivity index (χ1) is 5.84. The van der Waals surface area contributed by atoms with Crippen molar-refractivity contribution in [3.05, 3.63) is 30.1 Å². The number of nitrogens with two attached hydrogens (primary N) is 1. The van der Waals surface area contributed by atoms with E-state index in [4.69, 9.17) is 5.73 Å². The number of nitrogens with zero attached hydrogens (tertiary/aromatic N) is 1. The molecule has 66 valence electrons. The van der Waals surface area contributed by atoms with Gasteiger partial charge in [0.1, 0.15) is 0 Å². The normalized spacial score (nSPS) is 12.8. The van der Waals surface area contributed by atoms with E-state index >= 15 is 0 Å². The molecule has 0 amide bonds. The van der Waals surface area contributed by atoms with E-state index in [1.807, 2.05) is 18.2 Å². The molecule has 0 radical (unpaired) electrons. The monoisotopic (exact) mass is 164 g/mol. The summed E-state index contributed by atoms with van der Waals surface area (Å²) in [6.45, 7) is 2.17. The molecule has 0 unspecified atom stereocenters. The summed E-state index contributed by atoms with van der Waals surface area (Å²) in [5.41, 5.74) is 6.92. The predicted molar refractivity (Wildman–Crippen MR) is 50.7 cm³/mol. The van der Waals surface area contributed by atoms with Crippen LogP contribution in [0.4, 0.5) is 0 Å². The Morgan fingerprint density at radius 1 is 1.50 bits per heavy atom. The zero-order valence-electron chi connectivity index (χ0n) is 7.53. The molecule has 1 aromatic rings. The van der Waals surface area contributed by atoms with Crippen LogP contribution in [-0.4, -0.2) is 4.98 Å². The highest BCUT2D eigenvalue weighted by Gasteiger charge is 2.04. The molecule has 0 aliphatic carbocycles. The second kappa shape index (κ2) is 4.88. The zero-order chi connectivity index (χ0) is 8.81. The van der Waals surface area contributed by atoms with Gasteiger partial charge >= 0.3 is 0 Å². The van der Waals surface area contributed by atoms with E-state index in [1.165, 1.54) is 12.8 Å². The van der Waals surface area contributed by atoms with Gasteiger partial charge in [-0.1, -0.05) is 25.8 Å². The molecule has 0 spiro atoms. The van der Waals surface area contributed by atoms with Gasteiger partial charge in [-0.05, 0) is 18.6 Å². The minimum atomic E-state index is 0.117. The fourth-order valence-corrected chi connectivity index (χ4v) is 1.17. The highest BCUT2D eigenvalue weighted by molar-refractivity contribution is 5.07. The summed E-state index contributed by atoms with van der Waals surface area (Å²) in [4.78, 5) is 4.21. The summed E-state index contributed by atoms with van der Waals surface area (Å²) in [5.74, 6) is 0. The fourth-order valence-electron chi connectivity index (χ4n) is 1.17. The van der Waals surface area contributed by atoms with Crippen LogP contribution in [-0.2, 0) is 0 Å². The average Bonchev–Trinajstić information content (AvgIpc) is 2.15. The molecule has 2 N–H and O–H groups in total. The lowest BCUT2D eigenvalue weighted by Gasteiger charge is -2.08. The Kier molecular flexibility index (Phi) is 3.74. The van der Waals surface area contributed by atoms with Gasteiger partial charge in [-0.15, -0.1) is 0 Å². The minimum Gasteiger partial charge on any atom is -0.323 e.